The van der Waals surface area contributed by atoms with Crippen molar-refractivity contribution in [3.8, 4) is 0 Å². The van der Waals surface area contributed by atoms with Crippen molar-refractivity contribution in [2.24, 2.45) is 5.92 Å². The van der Waals surface area contributed by atoms with Crippen LogP contribution in [0.2, 0.25) is 0 Å². The van der Waals surface area contributed by atoms with E-state index in [4.69, 9.17) is 0 Å². The van der Waals surface area contributed by atoms with E-state index in [1.54, 1.807) is 0 Å². The normalized spacial score (nSPS) is 14.0. The van der Waals surface area contributed by atoms with Crippen LogP contribution in [0.1, 0.15) is 96.0 Å². The highest BCUT2D eigenvalue weighted by Gasteiger charge is 2.49. The van der Waals surface area contributed by atoms with E-state index in [2.05, 4.69) is 12.2 Å². The third kappa shape index (κ3) is 13.9. The highest BCUT2D eigenvalue weighted by atomic mass is 16.6. The number of rotatable bonds is 24. The molecule has 0 unspecified atom stereocenters. The number of nitrogens with one attached hydrogen (secondary N) is 1. The van der Waals surface area contributed by atoms with Crippen LogP contribution < -0.4 is 5.32 Å². The second-order valence-electron chi connectivity index (χ2n) is 10.9. The summed E-state index contributed by atoms with van der Waals surface area (Å²) >= 11 is 0. The third-order valence-electron chi connectivity index (χ3n) is 7.25. The molecule has 44 heavy (non-hydrogen) atoms. The van der Waals surface area contributed by atoms with Crippen LogP contribution in [0, 0.1) is 16.0 Å². The molecule has 0 heterocycles. The lowest BCUT2D eigenvalue weighted by molar-refractivity contribution is -0.384. The number of amides is 1. The van der Waals surface area contributed by atoms with Crippen molar-refractivity contribution in [1.82, 2.24) is 5.32 Å². The van der Waals surface area contributed by atoms with E-state index in [1.165, 1.54) is 24.6 Å². The Hall–Kier alpha value is -4.13. The number of carboxylic acid groups (broad SMARTS) is 3. The fourth-order valence-electron chi connectivity index (χ4n) is 4.68. The third-order valence-corrected chi connectivity index (χ3v) is 7.25. The summed E-state index contributed by atoms with van der Waals surface area (Å²) in [5.74, 6) is -8.06. The zero-order valence-corrected chi connectivity index (χ0v) is 25.1. The van der Waals surface area contributed by atoms with Crippen molar-refractivity contribution in [3.63, 3.8) is 0 Å². The Bertz CT molecular complexity index is 1150. The largest absolute Gasteiger partial charge is 0.481 e. The predicted octanol–water partition coefficient (Wildman–Crippen LogP) is 4.44. The molecule has 0 saturated heterocycles. The van der Waals surface area contributed by atoms with E-state index in [1.807, 2.05) is 0 Å². The summed E-state index contributed by atoms with van der Waals surface area (Å²) in [6, 6.07) is 3.32. The summed E-state index contributed by atoms with van der Waals surface area (Å²) in [6.07, 6.45) is 10.7. The molecule has 1 amide bonds. The van der Waals surface area contributed by atoms with Crippen LogP contribution >= 0.6 is 0 Å². The van der Waals surface area contributed by atoms with E-state index >= 15 is 0 Å². The first-order valence-corrected chi connectivity index (χ1v) is 14.9. The average molecular weight is 621 g/mol. The molecule has 0 aromatic heterocycles. The summed E-state index contributed by atoms with van der Waals surface area (Å²) < 4.78 is 0. The van der Waals surface area contributed by atoms with Crippen molar-refractivity contribution in [3.05, 3.63) is 52.1 Å². The lowest BCUT2D eigenvalue weighted by Gasteiger charge is -2.29. The molecule has 1 aromatic carbocycles. The molecule has 0 aliphatic carbocycles. The van der Waals surface area contributed by atoms with Gasteiger partial charge in [0.15, 0.2) is 5.60 Å². The van der Waals surface area contributed by atoms with Gasteiger partial charge in [-0.05, 0) is 31.2 Å². The molecule has 0 fully saturated rings. The summed E-state index contributed by atoms with van der Waals surface area (Å²) in [6.45, 7) is 2.14. The number of Topliss-reactive ketones (excluding diaryl/α,β-unsaturated/α-hetero) is 1. The zero-order valence-electron chi connectivity index (χ0n) is 25.1. The number of unbranched alkanes of at least 4 members (excludes halogenated alkanes) is 8. The Labute approximate surface area is 256 Å². The van der Waals surface area contributed by atoms with E-state index in [0.717, 1.165) is 63.2 Å². The second kappa shape index (κ2) is 19.9. The maximum Gasteiger partial charge on any atom is 0.337 e. The minimum atomic E-state index is -3.07. The van der Waals surface area contributed by atoms with E-state index in [9.17, 15) is 54.5 Å². The zero-order chi connectivity index (χ0) is 33.1. The van der Waals surface area contributed by atoms with Gasteiger partial charge in [0.1, 0.15) is 11.8 Å². The number of benzene rings is 1. The van der Waals surface area contributed by atoms with Gasteiger partial charge in [-0.15, -0.1) is 0 Å². The maximum atomic E-state index is 13.2. The van der Waals surface area contributed by atoms with E-state index < -0.39 is 52.7 Å². The highest BCUT2D eigenvalue weighted by molar-refractivity contribution is 5.94. The molecule has 5 N–H and O–H groups in total. The monoisotopic (exact) mass is 620 g/mol. The Morgan fingerprint density at radius 3 is 1.98 bits per heavy atom. The van der Waals surface area contributed by atoms with Crippen molar-refractivity contribution in [2.45, 2.75) is 108 Å². The first-order chi connectivity index (χ1) is 20.8. The number of aliphatic carboxylic acids is 3. The maximum absolute atomic E-state index is 13.2. The molecule has 13 heteroatoms. The Balaban J connectivity index is 2.83. The van der Waals surface area contributed by atoms with Crippen molar-refractivity contribution in [2.75, 3.05) is 0 Å². The Kier molecular flexibility index (Phi) is 17.2. The lowest BCUT2D eigenvalue weighted by Crippen LogP contribution is -2.55. The first-order valence-electron chi connectivity index (χ1n) is 14.9. The van der Waals surface area contributed by atoms with Crippen molar-refractivity contribution < 1.29 is 49.3 Å². The van der Waals surface area contributed by atoms with Gasteiger partial charge in [0.05, 0.1) is 17.3 Å². The second-order valence-corrected chi connectivity index (χ2v) is 10.9. The molecule has 0 bridgehead atoms. The molecule has 0 saturated carbocycles. The number of hydrogen-bond acceptors (Lipinski definition) is 8. The number of nitrogens with zero attached hydrogens (tertiary/aromatic N) is 1. The molecule has 244 valence electrons. The lowest BCUT2D eigenvalue weighted by atomic mass is 9.82. The van der Waals surface area contributed by atoms with Gasteiger partial charge < -0.3 is 25.7 Å². The minimum absolute atomic E-state index is 0.225. The number of nitro groups is 1. The Morgan fingerprint density at radius 1 is 0.909 bits per heavy atom. The first kappa shape index (κ1) is 37.9. The highest BCUT2D eigenvalue weighted by Crippen LogP contribution is 2.26. The SMILES string of the molecule is CCCCCCCC(=O)CCCCCC/C=C/[C@@H](C(=O)N[C@@H](Cc1ccc([N+](=O)[O-])cc1)C(=O)O)[C@@](O)(CC(=O)O)C(=O)O. The van der Waals surface area contributed by atoms with Gasteiger partial charge >= 0.3 is 17.9 Å². The fraction of sp³-hybridized carbons (Fsp3) is 0.581. The van der Waals surface area contributed by atoms with Gasteiger partial charge in [-0.3, -0.25) is 24.5 Å². The number of nitro benzene ring substituents is 1. The topological polar surface area (TPSA) is 221 Å². The van der Waals surface area contributed by atoms with Gasteiger partial charge in [-0.1, -0.05) is 69.7 Å². The number of allylic oxidation sites excluding steroid dienone is 1. The molecule has 1 rings (SSSR count). The summed E-state index contributed by atoms with van der Waals surface area (Å²) in [5.41, 5.74) is -2.97. The molecule has 1 aromatic rings. The molecular formula is C31H44N2O11. The predicted molar refractivity (Wildman–Crippen MR) is 160 cm³/mol. The van der Waals surface area contributed by atoms with Gasteiger partial charge in [-0.2, -0.15) is 0 Å². The number of ketones is 1. The standard InChI is InChI=1S/C31H44N2O11/c1-2-3-4-7-10-13-24(34)14-11-8-5-6-9-12-15-25(31(42,30(40)41)21-27(35)36)28(37)32-26(29(38)39)20-22-16-18-23(19-17-22)33(43)44/h12,15-19,25-26,42H,2-11,13-14,20-21H2,1H3,(H,32,37)(H,35,36)(H,38,39)(H,40,41)/b15-12+/t25-,26-,31-/m0/s1. The molecular weight excluding hydrogens is 576 g/mol. The van der Waals surface area contributed by atoms with Gasteiger partial charge in [0.2, 0.25) is 5.91 Å². The van der Waals surface area contributed by atoms with Crippen LogP contribution in [-0.2, 0) is 30.4 Å². The van der Waals surface area contributed by atoms with Crippen LogP contribution in [0.5, 0.6) is 0 Å². The summed E-state index contributed by atoms with van der Waals surface area (Å²) in [7, 11) is 0. The van der Waals surface area contributed by atoms with Crippen LogP contribution in [0.3, 0.4) is 0 Å². The summed E-state index contributed by atoms with van der Waals surface area (Å²) in [4.78, 5) is 70.6. The van der Waals surface area contributed by atoms with E-state index in [0.29, 0.717) is 31.2 Å². The van der Waals surface area contributed by atoms with Crippen LogP contribution in [0.25, 0.3) is 0 Å². The van der Waals surface area contributed by atoms with Gasteiger partial charge in [0, 0.05) is 31.4 Å². The molecule has 0 radical (unpaired) electrons. The number of aliphatic hydroxyl groups is 1. The molecule has 13 nitrogen and oxygen atoms in total. The van der Waals surface area contributed by atoms with Gasteiger partial charge in [0.25, 0.3) is 5.69 Å². The molecule has 0 aliphatic rings. The van der Waals surface area contributed by atoms with Crippen molar-refractivity contribution >= 4 is 35.3 Å². The van der Waals surface area contributed by atoms with Crippen LogP contribution in [-0.4, -0.2) is 66.6 Å². The van der Waals surface area contributed by atoms with Crippen molar-refractivity contribution in [1.29, 1.82) is 0 Å². The Morgan fingerprint density at radius 2 is 1.48 bits per heavy atom. The average Bonchev–Trinajstić information content (AvgIpc) is 2.95. The number of non-ortho nitro benzene ring substituents is 1. The number of carbonyl (C=O) groups excluding carboxylic acids is 2. The minimum Gasteiger partial charge on any atom is -0.481 e. The fourth-order valence-corrected chi connectivity index (χ4v) is 4.68. The molecule has 0 spiro atoms. The number of hydrogen-bond donors (Lipinski definition) is 5. The van der Waals surface area contributed by atoms with E-state index in [-0.39, 0.29) is 17.9 Å². The van der Waals surface area contributed by atoms with Gasteiger partial charge in [-0.25, -0.2) is 9.59 Å². The van der Waals surface area contributed by atoms with Crippen LogP contribution in [0.4, 0.5) is 5.69 Å². The molecule has 0 aliphatic heterocycles. The number of carboxylic acids is 3. The summed E-state index contributed by atoms with van der Waals surface area (Å²) in [5, 5.41) is 52.4. The quantitative estimate of drug-likeness (QED) is 0.0470. The molecule has 3 atom stereocenters. The smallest absolute Gasteiger partial charge is 0.337 e. The van der Waals surface area contributed by atoms with Crippen LogP contribution in [0.15, 0.2) is 36.4 Å². The number of carbonyl (C=O) groups is 5.